The van der Waals surface area contributed by atoms with Crippen molar-refractivity contribution in [2.24, 2.45) is 5.92 Å². The quantitative estimate of drug-likeness (QED) is 0.119. The summed E-state index contributed by atoms with van der Waals surface area (Å²) in [7, 11) is -1.40. The molecule has 5 aromatic rings. The van der Waals surface area contributed by atoms with Crippen molar-refractivity contribution in [3.05, 3.63) is 108 Å². The zero-order chi connectivity index (χ0) is 34.2. The molecule has 0 radical (unpaired) electrons. The minimum absolute atomic E-state index is 0.139. The van der Waals surface area contributed by atoms with E-state index in [2.05, 4.69) is 66.3 Å². The lowest BCUT2D eigenvalue weighted by molar-refractivity contribution is -0.112. The lowest BCUT2D eigenvalue weighted by Gasteiger charge is -2.27. The molecule has 254 valence electrons. The first-order chi connectivity index (χ1) is 23.9. The highest BCUT2D eigenvalue weighted by molar-refractivity contribution is 7.85. The molecule has 3 heterocycles. The number of hydrogen-bond acceptors (Lipinski definition) is 6. The fourth-order valence-electron chi connectivity index (χ4n) is 5.96. The van der Waals surface area contributed by atoms with E-state index >= 15 is 0 Å². The van der Waals surface area contributed by atoms with E-state index in [0.717, 1.165) is 66.3 Å². The Morgan fingerprint density at radius 2 is 1.76 bits per heavy atom. The van der Waals surface area contributed by atoms with Crippen LogP contribution >= 0.6 is 0 Å². The second-order valence-electron chi connectivity index (χ2n) is 12.6. The highest BCUT2D eigenvalue weighted by Gasteiger charge is 2.21. The average Bonchev–Trinajstić information content (AvgIpc) is 3.53. The van der Waals surface area contributed by atoms with Gasteiger partial charge in [-0.2, -0.15) is 0 Å². The lowest BCUT2D eigenvalue weighted by atomic mass is 10.00. The number of ether oxygens (including phenoxy) is 2. The van der Waals surface area contributed by atoms with Gasteiger partial charge in [0.2, 0.25) is 0 Å². The third-order valence-corrected chi connectivity index (χ3v) is 9.87. The monoisotopic (exact) mass is 676 g/mol. The second kappa shape index (κ2) is 16.1. The van der Waals surface area contributed by atoms with Gasteiger partial charge in [0.1, 0.15) is 33.8 Å². The minimum Gasteiger partial charge on any atom is -0.491 e. The molecule has 1 amide bonds. The van der Waals surface area contributed by atoms with Crippen LogP contribution in [0.25, 0.3) is 22.9 Å². The number of hydrogen-bond donors (Lipinski definition) is 1. The molecule has 9 heteroatoms. The maximum atomic E-state index is 13.7. The van der Waals surface area contributed by atoms with Crippen LogP contribution in [0, 0.1) is 5.92 Å². The predicted molar refractivity (Wildman–Crippen MR) is 198 cm³/mol. The van der Waals surface area contributed by atoms with Crippen LogP contribution < -0.4 is 15.0 Å². The number of imidazole rings is 1. The molecule has 1 N–H and O–H groups in total. The number of amides is 1. The number of anilines is 2. The van der Waals surface area contributed by atoms with Crippen LogP contribution in [0.2, 0.25) is 0 Å². The van der Waals surface area contributed by atoms with Crippen molar-refractivity contribution < 1.29 is 18.5 Å². The van der Waals surface area contributed by atoms with Gasteiger partial charge < -0.3 is 19.7 Å². The van der Waals surface area contributed by atoms with Gasteiger partial charge in [-0.3, -0.25) is 9.20 Å². The highest BCUT2D eigenvalue weighted by Crippen LogP contribution is 2.34. The Labute approximate surface area is 291 Å². The number of unbranched alkanes of at least 4 members (excludes halogenated alkanes) is 1. The fraction of sp³-hybridized carbons (Fsp3) is 0.300. The molecular formula is C40H44N4O4S. The molecule has 2 aromatic heterocycles. The summed E-state index contributed by atoms with van der Waals surface area (Å²) in [5, 5.41) is 3.72. The van der Waals surface area contributed by atoms with E-state index in [-0.39, 0.29) is 5.91 Å². The van der Waals surface area contributed by atoms with Gasteiger partial charge in [-0.25, -0.2) is 9.19 Å². The number of benzene rings is 3. The van der Waals surface area contributed by atoms with Crippen LogP contribution in [0.1, 0.15) is 45.6 Å². The van der Waals surface area contributed by atoms with Gasteiger partial charge in [-0.15, -0.1) is 0 Å². The van der Waals surface area contributed by atoms with Crippen LogP contribution in [0.4, 0.5) is 11.4 Å². The molecule has 0 saturated heterocycles. The van der Waals surface area contributed by atoms with Crippen molar-refractivity contribution in [3.8, 4) is 16.9 Å². The third kappa shape index (κ3) is 8.47. The normalized spacial score (nSPS) is 13.6. The SMILES string of the molecule is CCCCOCCOc1ccc(-c2ccc3c(c2)C=C(C(=O)Nc2ccc(S(=O)c4cccc5nccn45)cc2)CCN3CC(C)C)cc1. The molecule has 0 aliphatic carbocycles. The van der Waals surface area contributed by atoms with E-state index in [1.165, 1.54) is 0 Å². The Balaban J connectivity index is 1.17. The Kier molecular flexibility index (Phi) is 11.2. The third-order valence-electron chi connectivity index (χ3n) is 8.46. The molecule has 3 aromatic carbocycles. The van der Waals surface area contributed by atoms with E-state index in [0.29, 0.717) is 46.7 Å². The van der Waals surface area contributed by atoms with Crippen LogP contribution in [-0.4, -0.2) is 52.4 Å². The number of fused-ring (bicyclic) bond motifs is 2. The number of aromatic nitrogens is 2. The first-order valence-corrected chi connectivity index (χ1v) is 18.2. The molecule has 0 saturated carbocycles. The minimum atomic E-state index is -1.40. The topological polar surface area (TPSA) is 85.2 Å². The molecule has 6 rings (SSSR count). The Bertz CT molecular complexity index is 1930. The lowest BCUT2D eigenvalue weighted by Crippen LogP contribution is -2.29. The number of rotatable bonds is 14. The number of pyridine rings is 1. The van der Waals surface area contributed by atoms with Gasteiger partial charge in [0, 0.05) is 53.9 Å². The van der Waals surface area contributed by atoms with Crippen LogP contribution in [0.5, 0.6) is 5.75 Å². The molecule has 49 heavy (non-hydrogen) atoms. The van der Waals surface area contributed by atoms with E-state index in [1.807, 2.05) is 40.8 Å². The van der Waals surface area contributed by atoms with Gasteiger partial charge in [-0.05, 0) is 102 Å². The van der Waals surface area contributed by atoms with Gasteiger partial charge in [0.25, 0.3) is 5.91 Å². The molecule has 1 aliphatic heterocycles. The summed E-state index contributed by atoms with van der Waals surface area (Å²) in [5.74, 6) is 1.15. The van der Waals surface area contributed by atoms with Crippen molar-refractivity contribution in [1.29, 1.82) is 0 Å². The number of nitrogens with zero attached hydrogens (tertiary/aromatic N) is 3. The summed E-state index contributed by atoms with van der Waals surface area (Å²) in [4.78, 5) is 21.0. The maximum absolute atomic E-state index is 13.7. The summed E-state index contributed by atoms with van der Waals surface area (Å²) >= 11 is 0. The summed E-state index contributed by atoms with van der Waals surface area (Å²) < 4.78 is 26.7. The summed E-state index contributed by atoms with van der Waals surface area (Å²) in [6.45, 7) is 10.1. The largest absolute Gasteiger partial charge is 0.491 e. The van der Waals surface area contributed by atoms with Crippen molar-refractivity contribution in [2.45, 2.75) is 50.0 Å². The van der Waals surface area contributed by atoms with Gasteiger partial charge in [0.15, 0.2) is 0 Å². The Morgan fingerprint density at radius 1 is 0.959 bits per heavy atom. The standard InChI is InChI=1S/C40H44N4O4S/c1-4-5-23-47-24-25-48-35-14-9-30(10-15-35)31-11-18-37-33(26-31)27-32(19-21-43(37)28-29(2)3)40(45)42-34-12-16-36(17-13-34)49(46)39-8-6-7-38-41-20-22-44(38)39/h6-18,20,22,26-27,29H,4-5,19,21,23-25,28H2,1-3H3,(H,42,45). The summed E-state index contributed by atoms with van der Waals surface area (Å²) in [6.07, 6.45) is 8.33. The van der Waals surface area contributed by atoms with Crippen LogP contribution in [0.15, 0.2) is 113 Å². The van der Waals surface area contributed by atoms with Crippen molar-refractivity contribution >= 4 is 39.8 Å². The van der Waals surface area contributed by atoms with Gasteiger partial charge >= 0.3 is 0 Å². The smallest absolute Gasteiger partial charge is 0.251 e. The molecule has 1 aliphatic rings. The second-order valence-corrected chi connectivity index (χ2v) is 14.1. The number of carbonyl (C=O) groups excluding carboxylic acids is 1. The molecule has 0 spiro atoms. The zero-order valence-corrected chi connectivity index (χ0v) is 29.2. The Morgan fingerprint density at radius 3 is 2.53 bits per heavy atom. The van der Waals surface area contributed by atoms with E-state index in [1.54, 1.807) is 36.7 Å². The van der Waals surface area contributed by atoms with Gasteiger partial charge in [-0.1, -0.05) is 51.5 Å². The first-order valence-electron chi connectivity index (χ1n) is 17.1. The molecule has 0 bridgehead atoms. The predicted octanol–water partition coefficient (Wildman–Crippen LogP) is 8.25. The number of carbonyl (C=O) groups is 1. The summed E-state index contributed by atoms with van der Waals surface area (Å²) in [5.41, 5.74) is 6.41. The van der Waals surface area contributed by atoms with Crippen LogP contribution in [-0.2, 0) is 20.3 Å². The van der Waals surface area contributed by atoms with Crippen LogP contribution in [0.3, 0.4) is 0 Å². The van der Waals surface area contributed by atoms with E-state index in [4.69, 9.17) is 9.47 Å². The zero-order valence-electron chi connectivity index (χ0n) is 28.4. The molecular weight excluding hydrogens is 633 g/mol. The number of nitrogens with one attached hydrogen (secondary N) is 1. The fourth-order valence-corrected chi connectivity index (χ4v) is 7.12. The average molecular weight is 677 g/mol. The summed E-state index contributed by atoms with van der Waals surface area (Å²) in [6, 6.07) is 27.4. The Hall–Kier alpha value is -4.73. The molecule has 1 atom stereocenters. The first kappa shape index (κ1) is 34.1. The maximum Gasteiger partial charge on any atom is 0.251 e. The van der Waals surface area contributed by atoms with Crippen molar-refractivity contribution in [3.63, 3.8) is 0 Å². The van der Waals surface area contributed by atoms with Gasteiger partial charge in [0.05, 0.1) is 6.61 Å². The van der Waals surface area contributed by atoms with Crippen molar-refractivity contribution in [1.82, 2.24) is 9.38 Å². The molecule has 0 fully saturated rings. The van der Waals surface area contributed by atoms with Crippen molar-refractivity contribution in [2.75, 3.05) is 43.1 Å². The molecule has 1 unspecified atom stereocenters. The highest BCUT2D eigenvalue weighted by atomic mass is 32.2. The van der Waals surface area contributed by atoms with E-state index < -0.39 is 10.8 Å². The van der Waals surface area contributed by atoms with E-state index in [9.17, 15) is 9.00 Å². The molecule has 8 nitrogen and oxygen atoms in total.